The highest BCUT2D eigenvalue weighted by Crippen LogP contribution is 2.22. The van der Waals surface area contributed by atoms with Crippen molar-refractivity contribution in [3.05, 3.63) is 35.4 Å². The Bertz CT molecular complexity index is 755. The maximum atomic E-state index is 12.3. The Morgan fingerprint density at radius 2 is 1.62 bits per heavy atom. The second kappa shape index (κ2) is 9.87. The zero-order chi connectivity index (χ0) is 20.8. The average Bonchev–Trinajstić information content (AvgIpc) is 2.97. The number of piperidine rings is 1. The summed E-state index contributed by atoms with van der Waals surface area (Å²) in [5.41, 5.74) is 0.851. The van der Waals surface area contributed by atoms with Gasteiger partial charge < -0.3 is 10.2 Å². The third-order valence-electron chi connectivity index (χ3n) is 5.40. The molecule has 1 saturated heterocycles. The Labute approximate surface area is 175 Å². The van der Waals surface area contributed by atoms with Crippen molar-refractivity contribution in [3.63, 3.8) is 0 Å². The number of nitrogens with one attached hydrogen (secondary N) is 1. The number of benzene rings is 1. The minimum Gasteiger partial charge on any atom is -0.353 e. The van der Waals surface area contributed by atoms with Crippen molar-refractivity contribution in [2.75, 3.05) is 25.5 Å². The Hall–Kier alpha value is -2.41. The molecule has 0 aromatic heterocycles. The predicted molar refractivity (Wildman–Crippen MR) is 109 cm³/mol. The molecule has 156 valence electrons. The number of rotatable bonds is 8. The number of hydrogen-bond donors (Lipinski definition) is 1. The number of fused-ring (bicyclic) bond motifs is 1. The number of hydrogen-bond acceptors (Lipinski definition) is 4. The molecule has 0 radical (unpaired) electrons. The summed E-state index contributed by atoms with van der Waals surface area (Å²) >= 11 is 5.63. The first-order valence-electron chi connectivity index (χ1n) is 10.1. The molecule has 3 rings (SSSR count). The van der Waals surface area contributed by atoms with E-state index < -0.39 is 0 Å². The zero-order valence-corrected chi connectivity index (χ0v) is 17.1. The monoisotopic (exact) mass is 419 g/mol. The molecule has 1 fully saturated rings. The first-order chi connectivity index (χ1) is 14.0. The van der Waals surface area contributed by atoms with Crippen LogP contribution in [0.15, 0.2) is 24.3 Å². The Morgan fingerprint density at radius 1 is 1.00 bits per heavy atom. The minimum atomic E-state index is -0.294. The molecule has 7 nitrogen and oxygen atoms in total. The van der Waals surface area contributed by atoms with Crippen LogP contribution in [0, 0.1) is 0 Å². The van der Waals surface area contributed by atoms with Gasteiger partial charge in [0, 0.05) is 44.4 Å². The molecule has 1 N–H and O–H groups in total. The zero-order valence-electron chi connectivity index (χ0n) is 16.4. The summed E-state index contributed by atoms with van der Waals surface area (Å²) < 4.78 is 0. The molecule has 0 saturated carbocycles. The number of halogens is 1. The lowest BCUT2D eigenvalue weighted by atomic mass is 10.0. The van der Waals surface area contributed by atoms with Crippen LogP contribution in [0.3, 0.4) is 0 Å². The van der Waals surface area contributed by atoms with Crippen molar-refractivity contribution in [3.8, 4) is 0 Å². The topological polar surface area (TPSA) is 86.8 Å². The summed E-state index contributed by atoms with van der Waals surface area (Å²) in [6, 6.07) is 6.82. The number of nitrogens with zero attached hydrogens (tertiary/aromatic N) is 2. The van der Waals surface area contributed by atoms with Crippen LogP contribution < -0.4 is 5.32 Å². The highest BCUT2D eigenvalue weighted by Gasteiger charge is 2.34. The number of alkyl halides is 1. The van der Waals surface area contributed by atoms with Gasteiger partial charge in [0.15, 0.2) is 0 Å². The van der Waals surface area contributed by atoms with Crippen LogP contribution in [0.4, 0.5) is 0 Å². The molecule has 2 heterocycles. The molecule has 1 aromatic carbocycles. The molecule has 29 heavy (non-hydrogen) atoms. The fraction of sp³-hybridized carbons (Fsp3) is 0.524. The molecule has 0 unspecified atom stereocenters. The van der Waals surface area contributed by atoms with Gasteiger partial charge in [0.05, 0.1) is 11.1 Å². The van der Waals surface area contributed by atoms with Gasteiger partial charge >= 0.3 is 0 Å². The number of carbonyl (C=O) groups excluding carboxylic acids is 4. The van der Waals surface area contributed by atoms with Crippen molar-refractivity contribution < 1.29 is 19.2 Å². The van der Waals surface area contributed by atoms with Gasteiger partial charge in [-0.25, -0.2) is 0 Å². The van der Waals surface area contributed by atoms with Crippen LogP contribution in [0.2, 0.25) is 0 Å². The summed E-state index contributed by atoms with van der Waals surface area (Å²) in [6.07, 6.45) is 3.30. The van der Waals surface area contributed by atoms with Gasteiger partial charge in [0.25, 0.3) is 11.8 Å². The lowest BCUT2D eigenvalue weighted by Crippen LogP contribution is -2.46. The van der Waals surface area contributed by atoms with E-state index in [1.807, 2.05) is 4.90 Å². The molecule has 0 bridgehead atoms. The lowest BCUT2D eigenvalue weighted by Gasteiger charge is -2.32. The van der Waals surface area contributed by atoms with Crippen molar-refractivity contribution in [2.45, 2.75) is 44.6 Å². The molecule has 0 aliphatic carbocycles. The first kappa shape index (κ1) is 21.3. The lowest BCUT2D eigenvalue weighted by molar-refractivity contribution is -0.132. The SMILES string of the molecule is O=C(CCCN1C(=O)c2ccccc2C1=O)NC1CCN(C(=O)CCCCl)CC1. The van der Waals surface area contributed by atoms with E-state index in [-0.39, 0.29) is 42.6 Å². The standard InChI is InChI=1S/C21H26ClN3O4/c22-11-3-8-19(27)24-13-9-15(10-14-24)23-18(26)7-4-12-25-20(28)16-5-1-2-6-17(16)21(25)29/h1-2,5-6,15H,3-4,7-14H2,(H,23,26). The minimum absolute atomic E-state index is 0.0545. The number of likely N-dealkylation sites (tertiary alicyclic amines) is 1. The van der Waals surface area contributed by atoms with Gasteiger partial charge in [0.1, 0.15) is 0 Å². The third-order valence-corrected chi connectivity index (χ3v) is 5.67. The Balaban J connectivity index is 1.37. The largest absolute Gasteiger partial charge is 0.353 e. The van der Waals surface area contributed by atoms with Crippen LogP contribution in [-0.4, -0.2) is 65.0 Å². The number of imide groups is 1. The van der Waals surface area contributed by atoms with E-state index in [2.05, 4.69) is 5.32 Å². The van der Waals surface area contributed by atoms with Crippen LogP contribution in [0.5, 0.6) is 0 Å². The van der Waals surface area contributed by atoms with Crippen molar-refractivity contribution in [1.82, 2.24) is 15.1 Å². The van der Waals surface area contributed by atoms with E-state index in [4.69, 9.17) is 11.6 Å². The third kappa shape index (κ3) is 5.15. The van der Waals surface area contributed by atoms with Crippen molar-refractivity contribution >= 4 is 35.2 Å². The van der Waals surface area contributed by atoms with Crippen LogP contribution in [0.1, 0.15) is 59.2 Å². The molecule has 1 aromatic rings. The van der Waals surface area contributed by atoms with Gasteiger partial charge in [-0.2, -0.15) is 0 Å². The summed E-state index contributed by atoms with van der Waals surface area (Å²) in [5, 5.41) is 3.00. The Morgan fingerprint density at radius 3 is 2.21 bits per heavy atom. The van der Waals surface area contributed by atoms with Gasteiger partial charge in [-0.05, 0) is 37.8 Å². The molecule has 2 aliphatic rings. The van der Waals surface area contributed by atoms with E-state index in [0.29, 0.717) is 49.4 Å². The normalized spacial score (nSPS) is 16.9. The van der Waals surface area contributed by atoms with Crippen LogP contribution >= 0.6 is 11.6 Å². The number of carbonyl (C=O) groups is 4. The molecule has 8 heteroatoms. The van der Waals surface area contributed by atoms with Gasteiger partial charge in [0.2, 0.25) is 11.8 Å². The molecule has 4 amide bonds. The Kier molecular flexibility index (Phi) is 7.25. The molecular formula is C21H26ClN3O4. The van der Waals surface area contributed by atoms with E-state index in [1.54, 1.807) is 24.3 Å². The maximum Gasteiger partial charge on any atom is 0.261 e. The van der Waals surface area contributed by atoms with Gasteiger partial charge in [-0.15, -0.1) is 11.6 Å². The fourth-order valence-electron chi connectivity index (χ4n) is 3.79. The van der Waals surface area contributed by atoms with E-state index in [0.717, 1.165) is 12.8 Å². The highest BCUT2D eigenvalue weighted by atomic mass is 35.5. The van der Waals surface area contributed by atoms with E-state index in [1.165, 1.54) is 4.90 Å². The summed E-state index contributed by atoms with van der Waals surface area (Å²) in [5.74, 6) is -0.0711. The summed E-state index contributed by atoms with van der Waals surface area (Å²) in [6.45, 7) is 1.51. The second-order valence-electron chi connectivity index (χ2n) is 7.43. The molecule has 0 atom stereocenters. The second-order valence-corrected chi connectivity index (χ2v) is 7.80. The van der Waals surface area contributed by atoms with Gasteiger partial charge in [-0.1, -0.05) is 12.1 Å². The van der Waals surface area contributed by atoms with E-state index >= 15 is 0 Å². The average molecular weight is 420 g/mol. The van der Waals surface area contributed by atoms with Crippen LogP contribution in [-0.2, 0) is 9.59 Å². The fourth-order valence-corrected chi connectivity index (χ4v) is 3.92. The van der Waals surface area contributed by atoms with Crippen molar-refractivity contribution in [2.24, 2.45) is 0 Å². The number of amides is 4. The quantitative estimate of drug-likeness (QED) is 0.517. The maximum absolute atomic E-state index is 12.3. The highest BCUT2D eigenvalue weighted by molar-refractivity contribution is 6.21. The molecule has 0 spiro atoms. The van der Waals surface area contributed by atoms with E-state index in [9.17, 15) is 19.2 Å². The molecule has 2 aliphatic heterocycles. The molecular weight excluding hydrogens is 394 g/mol. The smallest absolute Gasteiger partial charge is 0.261 e. The van der Waals surface area contributed by atoms with Crippen LogP contribution in [0.25, 0.3) is 0 Å². The van der Waals surface area contributed by atoms with Gasteiger partial charge in [-0.3, -0.25) is 24.1 Å². The summed E-state index contributed by atoms with van der Waals surface area (Å²) in [4.78, 5) is 51.9. The summed E-state index contributed by atoms with van der Waals surface area (Å²) in [7, 11) is 0. The predicted octanol–water partition coefficient (Wildman–Crippen LogP) is 2.19. The first-order valence-corrected chi connectivity index (χ1v) is 10.6. The van der Waals surface area contributed by atoms with Crippen molar-refractivity contribution in [1.29, 1.82) is 0 Å².